The highest BCUT2D eigenvalue weighted by molar-refractivity contribution is 6.32. The molecule has 0 spiro atoms. The summed E-state index contributed by atoms with van der Waals surface area (Å²) in [5.41, 5.74) is 1.11. The van der Waals surface area contributed by atoms with Crippen LogP contribution in [0.1, 0.15) is 5.56 Å². The fourth-order valence-electron chi connectivity index (χ4n) is 2.47. The van der Waals surface area contributed by atoms with Crippen LogP contribution < -0.4 is 11.0 Å². The Hall–Kier alpha value is -3.19. The van der Waals surface area contributed by atoms with Crippen molar-refractivity contribution in [2.45, 2.75) is 6.54 Å². The summed E-state index contributed by atoms with van der Waals surface area (Å²) in [6, 6.07) is 12.7. The van der Waals surface area contributed by atoms with Crippen molar-refractivity contribution in [1.29, 1.82) is 0 Å². The number of halogens is 1. The summed E-state index contributed by atoms with van der Waals surface area (Å²) < 4.78 is 2.74. The zero-order chi connectivity index (χ0) is 19.2. The third-order valence-electron chi connectivity index (χ3n) is 3.88. The highest BCUT2D eigenvalue weighted by Crippen LogP contribution is 2.16. The molecule has 1 aromatic carbocycles. The van der Waals surface area contributed by atoms with Crippen LogP contribution in [0.25, 0.3) is 17.6 Å². The van der Waals surface area contributed by atoms with E-state index in [-0.39, 0.29) is 24.7 Å². The fourth-order valence-corrected chi connectivity index (χ4v) is 2.67. The molecule has 0 bridgehead atoms. The molecule has 1 N–H and O–H groups in total. The maximum absolute atomic E-state index is 12.3. The Balaban J connectivity index is 1.60. The number of hydrogen-bond donors (Lipinski definition) is 1. The standard InChI is InChI=1S/C19H18ClN5O2/c1-24-18(16-8-4-5-11-21-16)23-25(19(24)27)13-12-22-17(26)10-9-14-6-2-3-7-15(14)20/h2-11H,12-13H2,1H3,(H,22,26)/b10-9+. The van der Waals surface area contributed by atoms with E-state index in [0.29, 0.717) is 16.5 Å². The van der Waals surface area contributed by atoms with Crippen LogP contribution in [0.2, 0.25) is 5.02 Å². The lowest BCUT2D eigenvalue weighted by molar-refractivity contribution is -0.116. The van der Waals surface area contributed by atoms with Crippen LogP contribution in [-0.2, 0) is 18.4 Å². The number of benzene rings is 1. The monoisotopic (exact) mass is 383 g/mol. The molecule has 2 heterocycles. The molecule has 0 saturated heterocycles. The van der Waals surface area contributed by atoms with E-state index in [1.807, 2.05) is 24.3 Å². The van der Waals surface area contributed by atoms with Gasteiger partial charge in [-0.2, -0.15) is 0 Å². The van der Waals surface area contributed by atoms with Crippen molar-refractivity contribution in [2.24, 2.45) is 7.05 Å². The van der Waals surface area contributed by atoms with Gasteiger partial charge < -0.3 is 5.32 Å². The van der Waals surface area contributed by atoms with Gasteiger partial charge in [0.1, 0.15) is 5.69 Å². The van der Waals surface area contributed by atoms with Crippen LogP contribution in [0, 0.1) is 0 Å². The molecule has 0 aliphatic rings. The van der Waals surface area contributed by atoms with Gasteiger partial charge in [0, 0.05) is 30.9 Å². The third-order valence-corrected chi connectivity index (χ3v) is 4.22. The van der Waals surface area contributed by atoms with Gasteiger partial charge in [0.05, 0.1) is 6.54 Å². The minimum absolute atomic E-state index is 0.255. The molecule has 0 aliphatic carbocycles. The fraction of sp³-hybridized carbons (Fsp3) is 0.158. The summed E-state index contributed by atoms with van der Waals surface area (Å²) in [7, 11) is 1.64. The van der Waals surface area contributed by atoms with Gasteiger partial charge in [-0.3, -0.25) is 14.3 Å². The maximum atomic E-state index is 12.3. The van der Waals surface area contributed by atoms with Gasteiger partial charge in [0.2, 0.25) is 5.91 Å². The first-order chi connectivity index (χ1) is 13.1. The lowest BCUT2D eigenvalue weighted by atomic mass is 10.2. The molecule has 0 atom stereocenters. The van der Waals surface area contributed by atoms with E-state index in [2.05, 4.69) is 15.4 Å². The summed E-state index contributed by atoms with van der Waals surface area (Å²) in [6.45, 7) is 0.523. The Bertz CT molecular complexity index is 1020. The van der Waals surface area contributed by atoms with E-state index in [1.54, 1.807) is 37.5 Å². The average molecular weight is 384 g/mol. The number of pyridine rings is 1. The molecule has 0 unspecified atom stereocenters. The lowest BCUT2D eigenvalue weighted by Crippen LogP contribution is -2.30. The molecule has 0 radical (unpaired) electrons. The number of carbonyl (C=O) groups is 1. The first-order valence-corrected chi connectivity index (χ1v) is 8.70. The van der Waals surface area contributed by atoms with Crippen molar-refractivity contribution in [3.05, 3.63) is 75.8 Å². The van der Waals surface area contributed by atoms with E-state index in [4.69, 9.17) is 11.6 Å². The van der Waals surface area contributed by atoms with Crippen molar-refractivity contribution in [1.82, 2.24) is 24.6 Å². The first-order valence-electron chi connectivity index (χ1n) is 8.32. The van der Waals surface area contributed by atoms with E-state index >= 15 is 0 Å². The predicted octanol–water partition coefficient (Wildman–Crippen LogP) is 2.13. The third kappa shape index (κ3) is 4.51. The van der Waals surface area contributed by atoms with E-state index < -0.39 is 0 Å². The number of aromatic nitrogens is 4. The van der Waals surface area contributed by atoms with Crippen LogP contribution in [0.4, 0.5) is 0 Å². The maximum Gasteiger partial charge on any atom is 0.346 e. The highest BCUT2D eigenvalue weighted by Gasteiger charge is 2.12. The number of carbonyl (C=O) groups excluding carboxylic acids is 1. The number of rotatable bonds is 6. The molecule has 8 heteroatoms. The van der Waals surface area contributed by atoms with Gasteiger partial charge in [0.25, 0.3) is 0 Å². The van der Waals surface area contributed by atoms with Crippen LogP contribution in [0.5, 0.6) is 0 Å². The summed E-state index contributed by atoms with van der Waals surface area (Å²) in [5.74, 6) is 0.203. The molecule has 0 fully saturated rings. The smallest absolute Gasteiger partial charge is 0.346 e. The quantitative estimate of drug-likeness (QED) is 0.661. The minimum atomic E-state index is -0.274. The van der Waals surface area contributed by atoms with E-state index in [1.165, 1.54) is 15.3 Å². The molecule has 0 aliphatic heterocycles. The summed E-state index contributed by atoms with van der Waals surface area (Å²) in [4.78, 5) is 28.4. The van der Waals surface area contributed by atoms with Crippen molar-refractivity contribution in [3.63, 3.8) is 0 Å². The summed E-state index contributed by atoms with van der Waals surface area (Å²) in [5, 5.41) is 7.60. The number of nitrogens with zero attached hydrogens (tertiary/aromatic N) is 4. The summed E-state index contributed by atoms with van der Waals surface area (Å²) in [6.07, 6.45) is 4.69. The second-order valence-corrected chi connectivity index (χ2v) is 6.16. The largest absolute Gasteiger partial charge is 0.351 e. The number of nitrogens with one attached hydrogen (secondary N) is 1. The molecule has 1 amide bonds. The van der Waals surface area contributed by atoms with Gasteiger partial charge in [-0.05, 0) is 29.8 Å². The molecular formula is C19H18ClN5O2. The number of hydrogen-bond acceptors (Lipinski definition) is 4. The lowest BCUT2D eigenvalue weighted by Gasteiger charge is -2.02. The van der Waals surface area contributed by atoms with E-state index in [0.717, 1.165) is 5.56 Å². The van der Waals surface area contributed by atoms with Gasteiger partial charge in [-0.1, -0.05) is 35.9 Å². The van der Waals surface area contributed by atoms with Crippen molar-refractivity contribution in [2.75, 3.05) is 6.54 Å². The Morgan fingerprint density at radius 1 is 1.22 bits per heavy atom. The zero-order valence-electron chi connectivity index (χ0n) is 14.7. The topological polar surface area (TPSA) is 81.8 Å². The minimum Gasteiger partial charge on any atom is -0.351 e. The molecule has 138 valence electrons. The Labute approximate surface area is 160 Å². The van der Waals surface area contributed by atoms with Crippen molar-refractivity contribution >= 4 is 23.6 Å². The van der Waals surface area contributed by atoms with Gasteiger partial charge in [0.15, 0.2) is 5.82 Å². The average Bonchev–Trinajstić information content (AvgIpc) is 2.97. The number of amides is 1. The zero-order valence-corrected chi connectivity index (χ0v) is 15.4. The molecule has 7 nitrogen and oxygen atoms in total. The Kier molecular flexibility index (Phi) is 5.83. The first kappa shape index (κ1) is 18.6. The molecule has 3 rings (SSSR count). The normalized spacial score (nSPS) is 11.0. The molecule has 3 aromatic rings. The molecule has 27 heavy (non-hydrogen) atoms. The van der Waals surface area contributed by atoms with Crippen LogP contribution in [0.15, 0.2) is 59.5 Å². The van der Waals surface area contributed by atoms with Crippen molar-refractivity contribution < 1.29 is 4.79 Å². The SMILES string of the molecule is Cn1c(-c2ccccn2)nn(CCNC(=O)/C=C/c2ccccc2Cl)c1=O. The molecule has 0 saturated carbocycles. The van der Waals surface area contributed by atoms with Crippen LogP contribution in [-0.4, -0.2) is 31.8 Å². The van der Waals surface area contributed by atoms with Crippen LogP contribution in [0.3, 0.4) is 0 Å². The van der Waals surface area contributed by atoms with Gasteiger partial charge in [-0.15, -0.1) is 5.10 Å². The second-order valence-electron chi connectivity index (χ2n) is 5.75. The second kappa shape index (κ2) is 8.46. The van der Waals surface area contributed by atoms with Crippen LogP contribution >= 0.6 is 11.6 Å². The van der Waals surface area contributed by atoms with Crippen molar-refractivity contribution in [3.8, 4) is 11.5 Å². The Morgan fingerprint density at radius 2 is 2.00 bits per heavy atom. The van der Waals surface area contributed by atoms with Gasteiger partial charge >= 0.3 is 5.69 Å². The molecular weight excluding hydrogens is 366 g/mol. The van der Waals surface area contributed by atoms with Gasteiger partial charge in [-0.25, -0.2) is 9.48 Å². The molecule has 2 aromatic heterocycles. The highest BCUT2D eigenvalue weighted by atomic mass is 35.5. The predicted molar refractivity (Wildman–Crippen MR) is 104 cm³/mol. The van der Waals surface area contributed by atoms with E-state index in [9.17, 15) is 9.59 Å². The Morgan fingerprint density at radius 3 is 2.74 bits per heavy atom. The summed E-state index contributed by atoms with van der Waals surface area (Å²) >= 11 is 6.04.